The molecule has 5 aliphatic heterocycles. The molecule has 1 N–H and O–H groups in total. The van der Waals surface area contributed by atoms with Crippen molar-refractivity contribution in [2.75, 3.05) is 57.3 Å². The average Bonchev–Trinajstić information content (AvgIpc) is 4.24. The maximum atomic E-state index is 15.2. The van der Waals surface area contributed by atoms with E-state index in [2.05, 4.69) is 20.2 Å². The normalized spacial score (nSPS) is 22.2. The molecule has 1 saturated heterocycles. The summed E-state index contributed by atoms with van der Waals surface area (Å²) in [7, 11) is -7.62. The van der Waals surface area contributed by atoms with Crippen molar-refractivity contribution >= 4 is 43.3 Å². The van der Waals surface area contributed by atoms with Crippen molar-refractivity contribution in [1.82, 2.24) is 30.0 Å². The third-order valence-electron chi connectivity index (χ3n) is 15.5. The molecule has 0 radical (unpaired) electrons. The Bertz CT molecular complexity index is 3680. The fourth-order valence-electron chi connectivity index (χ4n) is 11.4. The van der Waals surface area contributed by atoms with Crippen LogP contribution in [0.4, 0.5) is 0 Å². The highest BCUT2D eigenvalue weighted by atomic mass is 32.2. The van der Waals surface area contributed by atoms with Gasteiger partial charge in [0.15, 0.2) is 43.0 Å². The van der Waals surface area contributed by atoms with Crippen LogP contribution in [0.5, 0.6) is 0 Å². The minimum Gasteiger partial charge on any atom is -0.466 e. The van der Waals surface area contributed by atoms with E-state index in [-0.39, 0.29) is 71.6 Å². The number of ether oxygens (including phenoxy) is 2. The van der Waals surface area contributed by atoms with E-state index in [4.69, 9.17) is 19.5 Å². The first-order valence-electron chi connectivity index (χ1n) is 26.1. The summed E-state index contributed by atoms with van der Waals surface area (Å²) in [6.07, 6.45) is 3.23. The lowest BCUT2D eigenvalue weighted by Gasteiger charge is -2.38. The van der Waals surface area contributed by atoms with E-state index in [1.165, 1.54) is 6.33 Å². The Labute approximate surface area is 453 Å². The van der Waals surface area contributed by atoms with Crippen LogP contribution in [0.1, 0.15) is 51.2 Å². The summed E-state index contributed by atoms with van der Waals surface area (Å²) < 4.78 is 69.1. The SMILES string of the molecule is O=C1N(CCS(=O)(=O)c2ccccc2)Cc2ccccc2[C@@H]2OC(c3ccc(-c4ccc(S(=O)(=O)CCN5Cc6ccccc6[C@@H]6OC(c7ccccc7)=N[C@]6(CN6CCNCC6)C5=O)cc4)cc3)=N[C@]12Cc1cncnc1. The number of amides is 2. The highest BCUT2D eigenvalue weighted by Crippen LogP contribution is 2.48. The van der Waals surface area contributed by atoms with Gasteiger partial charge >= 0.3 is 0 Å². The summed E-state index contributed by atoms with van der Waals surface area (Å²) in [6, 6.07) is 47.4. The van der Waals surface area contributed by atoms with E-state index >= 15 is 9.59 Å². The van der Waals surface area contributed by atoms with E-state index in [0.717, 1.165) is 65.1 Å². The summed E-state index contributed by atoms with van der Waals surface area (Å²) in [4.78, 5) is 55.0. The van der Waals surface area contributed by atoms with Gasteiger partial charge in [0.05, 0.1) is 21.3 Å². The zero-order valence-electron chi connectivity index (χ0n) is 42.6. The molecule has 0 spiro atoms. The molecule has 1 aromatic heterocycles. The molecule has 18 heteroatoms. The van der Waals surface area contributed by atoms with Crippen LogP contribution in [-0.4, -0.2) is 134 Å². The van der Waals surface area contributed by atoms with Crippen molar-refractivity contribution in [1.29, 1.82) is 0 Å². The Balaban J connectivity index is 0.794. The number of hydrogen-bond donors (Lipinski definition) is 1. The van der Waals surface area contributed by atoms with Crippen molar-refractivity contribution in [3.63, 3.8) is 0 Å². The van der Waals surface area contributed by atoms with Crippen LogP contribution in [0.2, 0.25) is 0 Å². The summed E-state index contributed by atoms with van der Waals surface area (Å²) in [5.74, 6) is -0.605. The van der Waals surface area contributed by atoms with Gasteiger partial charge in [0.25, 0.3) is 11.8 Å². The van der Waals surface area contributed by atoms with Crippen molar-refractivity contribution in [3.8, 4) is 11.1 Å². The summed E-state index contributed by atoms with van der Waals surface area (Å²) in [5, 5.41) is 3.40. The topological polar surface area (TPSA) is 193 Å². The van der Waals surface area contributed by atoms with Gasteiger partial charge in [-0.15, -0.1) is 0 Å². The molecule has 0 unspecified atom stereocenters. The zero-order valence-corrected chi connectivity index (χ0v) is 44.2. The summed E-state index contributed by atoms with van der Waals surface area (Å²) in [5.41, 5.74) is 4.04. The van der Waals surface area contributed by atoms with Gasteiger partial charge in [-0.3, -0.25) is 14.5 Å². The van der Waals surface area contributed by atoms with Crippen molar-refractivity contribution in [3.05, 3.63) is 215 Å². The number of nitrogens with zero attached hydrogens (tertiary/aromatic N) is 7. The van der Waals surface area contributed by atoms with Crippen molar-refractivity contribution in [2.24, 2.45) is 9.98 Å². The highest BCUT2D eigenvalue weighted by Gasteiger charge is 2.59. The maximum Gasteiger partial charge on any atom is 0.256 e. The van der Waals surface area contributed by atoms with E-state index in [0.29, 0.717) is 23.6 Å². The lowest BCUT2D eigenvalue weighted by Crippen LogP contribution is -2.57. The van der Waals surface area contributed by atoms with Crippen LogP contribution in [0.25, 0.3) is 11.1 Å². The first-order chi connectivity index (χ1) is 37.9. The number of piperazine rings is 1. The number of rotatable bonds is 15. The van der Waals surface area contributed by atoms with Gasteiger partial charge in [-0.25, -0.2) is 36.8 Å². The molecule has 6 aromatic carbocycles. The Morgan fingerprint density at radius 1 is 0.526 bits per heavy atom. The molecular formula is C60H56N8O8S2. The number of benzene rings is 6. The quantitative estimate of drug-likeness (QED) is 0.118. The number of aliphatic imine (C=N–C) groups is 2. The van der Waals surface area contributed by atoms with Crippen LogP contribution < -0.4 is 5.32 Å². The second-order valence-corrected chi connectivity index (χ2v) is 24.6. The number of carbonyl (C=O) groups excluding carboxylic acids is 2. The smallest absolute Gasteiger partial charge is 0.256 e. The molecule has 6 heterocycles. The van der Waals surface area contributed by atoms with Gasteiger partial charge in [-0.2, -0.15) is 0 Å². The molecular weight excluding hydrogens is 1020 g/mol. The van der Waals surface area contributed by atoms with Gasteiger partial charge in [0, 0.05) is 100.0 Å². The van der Waals surface area contributed by atoms with Gasteiger partial charge in [0.1, 0.15) is 6.33 Å². The van der Waals surface area contributed by atoms with Gasteiger partial charge in [0.2, 0.25) is 11.8 Å². The third kappa shape index (κ3) is 9.67. The molecule has 7 aromatic rings. The van der Waals surface area contributed by atoms with E-state index in [1.54, 1.807) is 76.8 Å². The minimum absolute atomic E-state index is 0.0520. The maximum absolute atomic E-state index is 15.2. The molecule has 2 amide bonds. The molecule has 5 aliphatic rings. The van der Waals surface area contributed by atoms with E-state index in [1.807, 2.05) is 103 Å². The lowest BCUT2D eigenvalue weighted by molar-refractivity contribution is -0.140. The highest BCUT2D eigenvalue weighted by molar-refractivity contribution is 7.91. The third-order valence-corrected chi connectivity index (χ3v) is 18.9. The Morgan fingerprint density at radius 2 is 0.974 bits per heavy atom. The first kappa shape index (κ1) is 50.9. The molecule has 0 bridgehead atoms. The van der Waals surface area contributed by atoms with E-state index < -0.39 is 43.0 Å². The predicted octanol–water partition coefficient (Wildman–Crippen LogP) is 6.44. The van der Waals surface area contributed by atoms with Gasteiger partial charge in [-0.05, 0) is 76.3 Å². The largest absolute Gasteiger partial charge is 0.466 e. The number of fused-ring (bicyclic) bond motifs is 6. The second-order valence-electron chi connectivity index (χ2n) is 20.4. The lowest BCUT2D eigenvalue weighted by atomic mass is 9.82. The van der Waals surface area contributed by atoms with Crippen LogP contribution in [-0.2, 0) is 58.2 Å². The molecule has 0 saturated carbocycles. The summed E-state index contributed by atoms with van der Waals surface area (Å²) >= 11 is 0. The first-order valence-corrected chi connectivity index (χ1v) is 29.4. The predicted molar refractivity (Wildman–Crippen MR) is 294 cm³/mol. The number of carbonyl (C=O) groups is 2. The van der Waals surface area contributed by atoms with Crippen molar-refractivity contribution in [2.45, 2.75) is 52.6 Å². The number of sulfone groups is 2. The molecule has 4 atom stereocenters. The number of hydrogen-bond acceptors (Lipinski definition) is 14. The summed E-state index contributed by atoms with van der Waals surface area (Å²) in [6.45, 7) is 3.59. The fraction of sp³-hybridized carbons (Fsp3) is 0.267. The number of aromatic nitrogens is 2. The van der Waals surface area contributed by atoms with Crippen LogP contribution >= 0.6 is 0 Å². The molecule has 396 valence electrons. The van der Waals surface area contributed by atoms with Crippen LogP contribution in [0.15, 0.2) is 196 Å². The fourth-order valence-corrected chi connectivity index (χ4v) is 13.9. The monoisotopic (exact) mass is 1080 g/mol. The molecule has 78 heavy (non-hydrogen) atoms. The van der Waals surface area contributed by atoms with Crippen LogP contribution in [0.3, 0.4) is 0 Å². The average molecular weight is 1080 g/mol. The minimum atomic E-state index is -3.89. The molecule has 12 rings (SSSR count). The molecule has 0 aliphatic carbocycles. The molecule has 16 nitrogen and oxygen atoms in total. The Hall–Kier alpha value is -7.90. The second kappa shape index (κ2) is 20.8. The van der Waals surface area contributed by atoms with Crippen molar-refractivity contribution < 1.29 is 35.9 Å². The Kier molecular flexibility index (Phi) is 13.6. The zero-order chi connectivity index (χ0) is 53.5. The van der Waals surface area contributed by atoms with Gasteiger partial charge in [-0.1, -0.05) is 109 Å². The van der Waals surface area contributed by atoms with Gasteiger partial charge < -0.3 is 24.6 Å². The van der Waals surface area contributed by atoms with E-state index in [9.17, 15) is 16.8 Å². The number of nitrogens with one attached hydrogen (secondary N) is 1. The Morgan fingerprint density at radius 3 is 1.55 bits per heavy atom. The molecule has 1 fully saturated rings. The van der Waals surface area contributed by atoms with Crippen LogP contribution in [0, 0.1) is 0 Å². The standard InChI is InChI=1S/C60H56N8O8S2/c69-57-59(35-42-36-62-41-63-37-42)53(51-17-9-7-13-47(51)38-67(57)31-33-77(71,72)49-15-5-2-6-16-49)75-56(64-59)46-21-19-43(20-22-46)44-23-25-50(26-24-44)78(73,74)34-32-68-39-48-14-8-10-18-52(48)54-60(58(68)70,40-66-29-27-61-28-30-66)65-55(76-54)45-11-3-1-4-12-45/h1-26,36-37,41,53-54,61H,27-35,38-40H2/t53-,54-,59-,60-/m0/s1.